The molecule has 0 atom stereocenters. The zero-order chi connectivity index (χ0) is 13.1. The monoisotopic (exact) mass is 255 g/mol. The van der Waals surface area contributed by atoms with Gasteiger partial charge < -0.3 is 5.73 Å². The third kappa shape index (κ3) is 4.13. The molecule has 2 N–H and O–H groups in total. The van der Waals surface area contributed by atoms with Gasteiger partial charge in [0.05, 0.1) is 10.6 Å². The molecule has 0 bridgehead atoms. The molecule has 1 aromatic rings. The second-order valence-corrected chi connectivity index (χ2v) is 7.36. The lowest BCUT2D eigenvalue weighted by molar-refractivity contribution is 0.365. The fourth-order valence-corrected chi connectivity index (χ4v) is 3.15. The molecule has 1 rings (SSSR count). The van der Waals surface area contributed by atoms with Crippen LogP contribution < -0.4 is 5.73 Å². The van der Waals surface area contributed by atoms with Crippen molar-refractivity contribution < 1.29 is 8.42 Å². The first-order chi connectivity index (χ1) is 7.77. The minimum atomic E-state index is -3.18. The van der Waals surface area contributed by atoms with Crippen LogP contribution in [0.1, 0.15) is 25.8 Å². The second kappa shape index (κ2) is 5.19. The van der Waals surface area contributed by atoms with Gasteiger partial charge in [-0.3, -0.25) is 0 Å². The first kappa shape index (κ1) is 14.2. The molecule has 0 unspecified atom stereocenters. The van der Waals surface area contributed by atoms with E-state index < -0.39 is 9.84 Å². The van der Waals surface area contributed by atoms with E-state index in [-0.39, 0.29) is 11.2 Å². The van der Waals surface area contributed by atoms with Crippen LogP contribution in [0.2, 0.25) is 0 Å². The van der Waals surface area contributed by atoms with Crippen molar-refractivity contribution in [3.8, 4) is 0 Å². The number of benzene rings is 1. The number of sulfone groups is 1. The van der Waals surface area contributed by atoms with Crippen LogP contribution >= 0.6 is 0 Å². The molecule has 0 heterocycles. The normalized spacial score (nSPS) is 12.7. The lowest BCUT2D eigenvalue weighted by Crippen LogP contribution is -2.26. The lowest BCUT2D eigenvalue weighted by Gasteiger charge is -2.21. The molecule has 0 aliphatic carbocycles. The Morgan fingerprint density at radius 2 is 1.94 bits per heavy atom. The fourth-order valence-electron chi connectivity index (χ4n) is 1.44. The van der Waals surface area contributed by atoms with Crippen molar-refractivity contribution in [3.05, 3.63) is 29.8 Å². The van der Waals surface area contributed by atoms with Crippen LogP contribution in [0.4, 0.5) is 0 Å². The van der Waals surface area contributed by atoms with Crippen molar-refractivity contribution in [3.63, 3.8) is 0 Å². The topological polar surface area (TPSA) is 60.2 Å². The van der Waals surface area contributed by atoms with E-state index in [1.54, 1.807) is 18.2 Å². The van der Waals surface area contributed by atoms with Gasteiger partial charge in [-0.05, 0) is 43.0 Å². The lowest BCUT2D eigenvalue weighted by atomic mass is 9.91. The molecule has 4 heteroatoms. The van der Waals surface area contributed by atoms with Gasteiger partial charge in [-0.1, -0.05) is 26.0 Å². The van der Waals surface area contributed by atoms with Gasteiger partial charge in [-0.15, -0.1) is 0 Å². The molecule has 96 valence electrons. The van der Waals surface area contributed by atoms with Crippen molar-refractivity contribution >= 4 is 9.84 Å². The highest BCUT2D eigenvalue weighted by molar-refractivity contribution is 7.91. The van der Waals surface area contributed by atoms with Gasteiger partial charge in [-0.25, -0.2) is 8.42 Å². The standard InChI is InChI=1S/C13H21NO2S/c1-11-5-4-6-12(9-11)17(15,16)8-7-13(2,3)10-14/h4-6,9H,7-8,10,14H2,1-3H3. The van der Waals surface area contributed by atoms with Gasteiger partial charge in [-0.2, -0.15) is 0 Å². The summed E-state index contributed by atoms with van der Waals surface area (Å²) >= 11 is 0. The Hall–Kier alpha value is -0.870. The SMILES string of the molecule is Cc1cccc(S(=O)(=O)CCC(C)(C)CN)c1. The zero-order valence-corrected chi connectivity index (χ0v) is 11.5. The van der Waals surface area contributed by atoms with Crippen LogP contribution in [0.5, 0.6) is 0 Å². The quantitative estimate of drug-likeness (QED) is 0.877. The average molecular weight is 255 g/mol. The van der Waals surface area contributed by atoms with E-state index in [0.717, 1.165) is 5.56 Å². The third-order valence-electron chi connectivity index (χ3n) is 2.95. The molecule has 0 saturated carbocycles. The van der Waals surface area contributed by atoms with E-state index in [9.17, 15) is 8.42 Å². The first-order valence-electron chi connectivity index (χ1n) is 5.76. The smallest absolute Gasteiger partial charge is 0.178 e. The highest BCUT2D eigenvalue weighted by atomic mass is 32.2. The Labute approximate surface area is 104 Å². The molecule has 0 fully saturated rings. The molecule has 3 nitrogen and oxygen atoms in total. The fraction of sp³-hybridized carbons (Fsp3) is 0.538. The Morgan fingerprint density at radius 3 is 2.47 bits per heavy atom. The Balaban J connectivity index is 2.83. The number of hydrogen-bond acceptors (Lipinski definition) is 3. The molecular weight excluding hydrogens is 234 g/mol. The maximum atomic E-state index is 12.1. The maximum Gasteiger partial charge on any atom is 0.178 e. The predicted octanol–water partition coefficient (Wildman–Crippen LogP) is 2.14. The van der Waals surface area contributed by atoms with Gasteiger partial charge in [0, 0.05) is 0 Å². The van der Waals surface area contributed by atoms with Crippen molar-refractivity contribution in [2.45, 2.75) is 32.1 Å². The van der Waals surface area contributed by atoms with E-state index in [2.05, 4.69) is 0 Å². The van der Waals surface area contributed by atoms with Crippen LogP contribution in [0.25, 0.3) is 0 Å². The van der Waals surface area contributed by atoms with Gasteiger partial charge in [0.15, 0.2) is 9.84 Å². The summed E-state index contributed by atoms with van der Waals surface area (Å²) in [6.07, 6.45) is 0.583. The first-order valence-corrected chi connectivity index (χ1v) is 7.42. The highest BCUT2D eigenvalue weighted by Crippen LogP contribution is 2.22. The third-order valence-corrected chi connectivity index (χ3v) is 4.66. The molecule has 0 radical (unpaired) electrons. The van der Waals surface area contributed by atoms with Crippen LogP contribution in [-0.2, 0) is 9.84 Å². The number of aryl methyl sites for hydroxylation is 1. The molecule has 17 heavy (non-hydrogen) atoms. The maximum absolute atomic E-state index is 12.1. The summed E-state index contributed by atoms with van der Waals surface area (Å²) in [7, 11) is -3.18. The Bertz CT molecular complexity index is 478. The van der Waals surface area contributed by atoms with Gasteiger partial charge in [0.2, 0.25) is 0 Å². The summed E-state index contributed by atoms with van der Waals surface area (Å²) in [6.45, 7) is 6.36. The molecule has 0 saturated heterocycles. The average Bonchev–Trinajstić information content (AvgIpc) is 2.27. The van der Waals surface area contributed by atoms with Crippen molar-refractivity contribution in [2.75, 3.05) is 12.3 Å². The number of rotatable bonds is 5. The van der Waals surface area contributed by atoms with Crippen molar-refractivity contribution in [2.24, 2.45) is 11.1 Å². The van der Waals surface area contributed by atoms with Gasteiger partial charge >= 0.3 is 0 Å². The minimum absolute atomic E-state index is 0.128. The molecule has 0 aliphatic rings. The Kier molecular flexibility index (Phi) is 4.33. The molecule has 0 amide bonds. The van der Waals surface area contributed by atoms with Crippen molar-refractivity contribution in [1.82, 2.24) is 0 Å². The summed E-state index contributed by atoms with van der Waals surface area (Å²) in [4.78, 5) is 0.408. The Morgan fingerprint density at radius 1 is 1.29 bits per heavy atom. The van der Waals surface area contributed by atoms with Crippen molar-refractivity contribution in [1.29, 1.82) is 0 Å². The van der Waals surface area contributed by atoms with Gasteiger partial charge in [0.1, 0.15) is 0 Å². The van der Waals surface area contributed by atoms with E-state index in [1.165, 1.54) is 0 Å². The molecule has 0 spiro atoms. The molecular formula is C13H21NO2S. The van der Waals surface area contributed by atoms with Crippen LogP contribution in [0, 0.1) is 12.3 Å². The molecule has 0 aromatic heterocycles. The number of hydrogen-bond donors (Lipinski definition) is 1. The second-order valence-electron chi connectivity index (χ2n) is 5.25. The zero-order valence-electron chi connectivity index (χ0n) is 10.7. The molecule has 0 aliphatic heterocycles. The summed E-state index contributed by atoms with van der Waals surface area (Å²) in [5, 5.41) is 0. The van der Waals surface area contributed by atoms with E-state index in [1.807, 2.05) is 26.8 Å². The summed E-state index contributed by atoms with van der Waals surface area (Å²) < 4.78 is 24.2. The van der Waals surface area contributed by atoms with E-state index in [0.29, 0.717) is 17.9 Å². The van der Waals surface area contributed by atoms with Crippen LogP contribution in [0.3, 0.4) is 0 Å². The largest absolute Gasteiger partial charge is 0.330 e. The molecule has 1 aromatic carbocycles. The predicted molar refractivity (Wildman–Crippen MR) is 70.7 cm³/mol. The van der Waals surface area contributed by atoms with Gasteiger partial charge in [0.25, 0.3) is 0 Å². The van der Waals surface area contributed by atoms with Crippen LogP contribution in [-0.4, -0.2) is 20.7 Å². The van der Waals surface area contributed by atoms with E-state index >= 15 is 0 Å². The summed E-state index contributed by atoms with van der Waals surface area (Å²) in [5.41, 5.74) is 6.44. The van der Waals surface area contributed by atoms with E-state index in [4.69, 9.17) is 5.73 Å². The van der Waals surface area contributed by atoms with Crippen LogP contribution in [0.15, 0.2) is 29.2 Å². The summed E-state index contributed by atoms with van der Waals surface area (Å²) in [5.74, 6) is 0.153. The summed E-state index contributed by atoms with van der Waals surface area (Å²) in [6, 6.07) is 7.03. The highest BCUT2D eigenvalue weighted by Gasteiger charge is 2.21. The minimum Gasteiger partial charge on any atom is -0.330 e. The number of nitrogens with two attached hydrogens (primary N) is 1.